The molecule has 0 saturated carbocycles. The number of hydrogen-bond donors (Lipinski definition) is 3. The van der Waals surface area contributed by atoms with Crippen molar-refractivity contribution in [2.75, 3.05) is 38.2 Å². The fraction of sp³-hybridized carbons (Fsp3) is 0.233. The number of fused-ring (bicyclic) bond motifs is 2. The van der Waals surface area contributed by atoms with Gasteiger partial charge in [0.15, 0.2) is 23.2 Å². The van der Waals surface area contributed by atoms with Crippen molar-refractivity contribution in [1.29, 1.82) is 0 Å². The maximum Gasteiger partial charge on any atom is 0.248 e. The van der Waals surface area contributed by atoms with Gasteiger partial charge in [-0.15, -0.1) is 0 Å². The van der Waals surface area contributed by atoms with Crippen LogP contribution in [-0.2, 0) is 14.3 Å². The molecule has 0 unspecified atom stereocenters. The van der Waals surface area contributed by atoms with E-state index in [2.05, 4.69) is 26.8 Å². The molecule has 2 aliphatic heterocycles. The molecular formula is C30H29N7O4. The van der Waals surface area contributed by atoms with Crippen LogP contribution in [-0.4, -0.2) is 65.2 Å². The predicted molar refractivity (Wildman–Crippen MR) is 156 cm³/mol. The number of morpholine rings is 1. The molecule has 2 aliphatic rings. The van der Waals surface area contributed by atoms with Crippen LogP contribution in [0.5, 0.6) is 0 Å². The summed E-state index contributed by atoms with van der Waals surface area (Å²) in [7, 11) is 0. The zero-order valence-corrected chi connectivity index (χ0v) is 22.7. The number of aryl methyl sites for hydroxylation is 2. The van der Waals surface area contributed by atoms with Gasteiger partial charge in [0, 0.05) is 42.3 Å². The van der Waals surface area contributed by atoms with Gasteiger partial charge < -0.3 is 20.2 Å². The number of ether oxygens (including phenoxy) is 1. The highest BCUT2D eigenvalue weighted by Gasteiger charge is 2.31. The van der Waals surface area contributed by atoms with Crippen LogP contribution >= 0.6 is 0 Å². The van der Waals surface area contributed by atoms with Crippen LogP contribution in [0.2, 0.25) is 0 Å². The zero-order chi connectivity index (χ0) is 28.5. The van der Waals surface area contributed by atoms with Gasteiger partial charge in [-0.05, 0) is 50.2 Å². The number of carbonyl (C=O) groups is 1. The third kappa shape index (κ3) is 5.05. The van der Waals surface area contributed by atoms with E-state index >= 15 is 0 Å². The molecule has 4 aromatic rings. The Morgan fingerprint density at radius 3 is 2.71 bits per heavy atom. The molecule has 2 aromatic heterocycles. The van der Waals surface area contributed by atoms with E-state index in [0.717, 1.165) is 35.2 Å². The molecule has 0 aliphatic carbocycles. The fourth-order valence-corrected chi connectivity index (χ4v) is 5.05. The van der Waals surface area contributed by atoms with E-state index in [4.69, 9.17) is 20.0 Å². The summed E-state index contributed by atoms with van der Waals surface area (Å²) in [6.07, 6.45) is 3.39. The summed E-state index contributed by atoms with van der Waals surface area (Å²) in [6, 6.07) is 13.2. The van der Waals surface area contributed by atoms with Crippen molar-refractivity contribution in [1.82, 2.24) is 20.1 Å². The first kappa shape index (κ1) is 26.3. The second-order valence-electron chi connectivity index (χ2n) is 9.98. The number of rotatable bonds is 6. The molecule has 11 nitrogen and oxygen atoms in total. The lowest BCUT2D eigenvalue weighted by Crippen LogP contribution is -2.36. The molecule has 1 amide bonds. The van der Waals surface area contributed by atoms with Crippen LogP contribution in [0.25, 0.3) is 33.8 Å². The molecule has 208 valence electrons. The Balaban J connectivity index is 1.34. The predicted octanol–water partition coefficient (Wildman–Crippen LogP) is 3.13. The molecule has 4 heterocycles. The van der Waals surface area contributed by atoms with Gasteiger partial charge in [0.1, 0.15) is 17.0 Å². The summed E-state index contributed by atoms with van der Waals surface area (Å²) in [4.78, 5) is 26.4. The van der Waals surface area contributed by atoms with Gasteiger partial charge in [0.2, 0.25) is 5.91 Å². The van der Waals surface area contributed by atoms with E-state index in [-0.39, 0.29) is 17.4 Å². The first-order valence-corrected chi connectivity index (χ1v) is 13.3. The minimum absolute atomic E-state index is 0.0755. The Kier molecular flexibility index (Phi) is 6.98. The number of nitrogens with zero attached hydrogens (tertiary/aromatic N) is 4. The molecule has 0 bridgehead atoms. The molecule has 1 saturated heterocycles. The number of amidine groups is 1. The van der Waals surface area contributed by atoms with Crippen LogP contribution in [0.4, 0.5) is 5.69 Å². The van der Waals surface area contributed by atoms with Crippen LogP contribution in [0.15, 0.2) is 64.1 Å². The van der Waals surface area contributed by atoms with E-state index in [1.807, 2.05) is 50.1 Å². The first-order chi connectivity index (χ1) is 19.9. The lowest BCUT2D eigenvalue weighted by Gasteiger charge is -2.25. The normalized spacial score (nSPS) is 15.5. The number of carbonyl (C=O) groups excluding carboxylic acids is 2. The number of hydrazone groups is 1. The van der Waals surface area contributed by atoms with E-state index in [9.17, 15) is 9.59 Å². The zero-order valence-electron chi connectivity index (χ0n) is 22.7. The SMILES string of the molecule is Cc1ccc2oc(-c3c4c(nn3-c3ccc(NC(=O)/C=C/CN5CCOCC5)cc3)C(=C=O)NN=C4N)c(C)c2c1. The average molecular weight is 552 g/mol. The fourth-order valence-electron chi connectivity index (χ4n) is 5.05. The Bertz CT molecular complexity index is 1750. The summed E-state index contributed by atoms with van der Waals surface area (Å²) in [5, 5.41) is 12.7. The van der Waals surface area contributed by atoms with Gasteiger partial charge in [-0.3, -0.25) is 15.1 Å². The third-order valence-corrected chi connectivity index (χ3v) is 7.19. The van der Waals surface area contributed by atoms with Gasteiger partial charge in [-0.2, -0.15) is 10.2 Å². The Labute approximate surface area is 235 Å². The van der Waals surface area contributed by atoms with Gasteiger partial charge >= 0.3 is 0 Å². The van der Waals surface area contributed by atoms with Gasteiger partial charge in [-0.25, -0.2) is 9.48 Å². The second-order valence-corrected chi connectivity index (χ2v) is 9.98. The average Bonchev–Trinajstić information content (AvgIpc) is 3.53. The molecular weight excluding hydrogens is 522 g/mol. The van der Waals surface area contributed by atoms with Crippen LogP contribution in [0.1, 0.15) is 22.4 Å². The van der Waals surface area contributed by atoms with Crippen LogP contribution in [0.3, 0.4) is 0 Å². The summed E-state index contributed by atoms with van der Waals surface area (Å²) in [5.41, 5.74) is 14.4. The number of amides is 1. The number of aromatic nitrogens is 2. The Morgan fingerprint density at radius 1 is 1.17 bits per heavy atom. The van der Waals surface area contributed by atoms with Crippen molar-refractivity contribution in [3.05, 3.63) is 77.0 Å². The number of benzene rings is 2. The molecule has 11 heteroatoms. The lowest BCUT2D eigenvalue weighted by molar-refractivity contribution is -0.111. The van der Waals surface area contributed by atoms with E-state index < -0.39 is 0 Å². The Hall–Kier alpha value is -4.96. The smallest absolute Gasteiger partial charge is 0.248 e. The molecule has 2 aromatic carbocycles. The topological polar surface area (TPSA) is 140 Å². The highest BCUT2D eigenvalue weighted by atomic mass is 16.5. The second kappa shape index (κ2) is 10.9. The van der Waals surface area contributed by atoms with Gasteiger partial charge in [0.05, 0.1) is 24.5 Å². The molecule has 4 N–H and O–H groups in total. The summed E-state index contributed by atoms with van der Waals surface area (Å²) >= 11 is 0. The molecule has 41 heavy (non-hydrogen) atoms. The van der Waals surface area contributed by atoms with Crippen molar-refractivity contribution in [3.8, 4) is 17.1 Å². The number of anilines is 1. The molecule has 1 fully saturated rings. The van der Waals surface area contributed by atoms with E-state index in [1.165, 1.54) is 6.08 Å². The standard InChI is InChI=1S/C30H29N7O4/c1-18-5-10-24-22(16-18)19(2)29(41-24)28-26-27(23(17-38)33-34-30(26)31)35-37(28)21-8-6-20(7-9-21)32-25(39)4-3-11-36-12-14-40-15-13-36/h3-10,16,33H,11-15H2,1-2H3,(H2,31,34)(H,32,39)/b4-3+. The largest absolute Gasteiger partial charge is 0.454 e. The quantitative estimate of drug-likeness (QED) is 0.245. The van der Waals surface area contributed by atoms with E-state index in [1.54, 1.807) is 16.8 Å². The summed E-state index contributed by atoms with van der Waals surface area (Å²) < 4.78 is 13.4. The van der Waals surface area contributed by atoms with Gasteiger partial charge in [0.25, 0.3) is 0 Å². The highest BCUT2D eigenvalue weighted by Crippen LogP contribution is 2.39. The Morgan fingerprint density at radius 2 is 1.95 bits per heavy atom. The third-order valence-electron chi connectivity index (χ3n) is 7.19. The lowest BCUT2D eigenvalue weighted by atomic mass is 10.0. The van der Waals surface area contributed by atoms with Crippen LogP contribution in [0, 0.1) is 13.8 Å². The van der Waals surface area contributed by atoms with Crippen molar-refractivity contribution >= 4 is 40.0 Å². The number of nitrogens with two attached hydrogens (primary N) is 1. The summed E-state index contributed by atoms with van der Waals surface area (Å²) in [5.74, 6) is 2.38. The van der Waals surface area contributed by atoms with Crippen molar-refractivity contribution < 1.29 is 18.7 Å². The number of hydrogen-bond acceptors (Lipinski definition) is 9. The molecule has 0 spiro atoms. The van der Waals surface area contributed by atoms with Crippen molar-refractivity contribution in [2.45, 2.75) is 13.8 Å². The summed E-state index contributed by atoms with van der Waals surface area (Å²) in [6.45, 7) is 7.84. The number of nitrogens with one attached hydrogen (secondary N) is 2. The monoisotopic (exact) mass is 551 g/mol. The molecule has 0 radical (unpaired) electrons. The van der Waals surface area contributed by atoms with E-state index in [0.29, 0.717) is 53.8 Å². The number of furan rings is 1. The maximum atomic E-state index is 12.5. The minimum Gasteiger partial charge on any atom is -0.454 e. The molecule has 0 atom stereocenters. The first-order valence-electron chi connectivity index (χ1n) is 13.3. The van der Waals surface area contributed by atoms with Crippen LogP contribution < -0.4 is 16.5 Å². The maximum absolute atomic E-state index is 12.5. The minimum atomic E-state index is -0.217. The van der Waals surface area contributed by atoms with Crippen molar-refractivity contribution in [2.24, 2.45) is 10.8 Å². The van der Waals surface area contributed by atoms with Crippen molar-refractivity contribution in [3.63, 3.8) is 0 Å². The highest BCUT2D eigenvalue weighted by molar-refractivity contribution is 6.10. The molecule has 6 rings (SSSR count). The van der Waals surface area contributed by atoms with Gasteiger partial charge in [-0.1, -0.05) is 17.7 Å².